The summed E-state index contributed by atoms with van der Waals surface area (Å²) in [6, 6.07) is 7.22. The molecule has 25 heavy (non-hydrogen) atoms. The molecule has 1 aromatic carbocycles. The Balaban J connectivity index is 2.16. The van der Waals surface area contributed by atoms with Gasteiger partial charge in [0.1, 0.15) is 23.1 Å². The number of methoxy groups -OCH3 is 1. The number of amides is 1. The van der Waals surface area contributed by atoms with E-state index in [2.05, 4.69) is 5.32 Å². The zero-order valence-corrected chi connectivity index (χ0v) is 14.9. The van der Waals surface area contributed by atoms with Gasteiger partial charge in [0, 0.05) is 24.8 Å². The lowest BCUT2D eigenvalue weighted by Crippen LogP contribution is -2.32. The molecule has 1 saturated heterocycles. The van der Waals surface area contributed by atoms with Crippen LogP contribution in [0.4, 0.5) is 0 Å². The van der Waals surface area contributed by atoms with E-state index < -0.39 is 5.91 Å². The maximum atomic E-state index is 12.3. The summed E-state index contributed by atoms with van der Waals surface area (Å²) in [6.45, 7) is 4.96. The fourth-order valence-corrected chi connectivity index (χ4v) is 2.53. The van der Waals surface area contributed by atoms with E-state index in [1.165, 1.54) is 6.08 Å². The van der Waals surface area contributed by atoms with Crippen molar-refractivity contribution < 1.29 is 19.0 Å². The van der Waals surface area contributed by atoms with Crippen molar-refractivity contribution in [2.24, 2.45) is 0 Å². The summed E-state index contributed by atoms with van der Waals surface area (Å²) in [5.74, 6) is 0.799. The van der Waals surface area contributed by atoms with Crippen LogP contribution in [0.1, 0.15) is 32.3 Å². The van der Waals surface area contributed by atoms with E-state index in [0.29, 0.717) is 23.6 Å². The number of benzene rings is 1. The second kappa shape index (κ2) is 9.09. The quantitative estimate of drug-likeness (QED) is 0.607. The monoisotopic (exact) mass is 344 g/mol. The predicted octanol–water partition coefficient (Wildman–Crippen LogP) is 2.68. The Hall–Kier alpha value is -2.52. The second-order valence-corrected chi connectivity index (χ2v) is 6.09. The summed E-state index contributed by atoms with van der Waals surface area (Å²) >= 11 is 0. The van der Waals surface area contributed by atoms with Gasteiger partial charge in [0.05, 0.1) is 19.3 Å². The van der Waals surface area contributed by atoms with Crippen molar-refractivity contribution in [3.63, 3.8) is 0 Å². The highest BCUT2D eigenvalue weighted by molar-refractivity contribution is 6.02. The van der Waals surface area contributed by atoms with E-state index in [1.54, 1.807) is 25.3 Å². The van der Waals surface area contributed by atoms with Crippen molar-refractivity contribution in [1.82, 2.24) is 5.32 Å². The third kappa shape index (κ3) is 5.50. The van der Waals surface area contributed by atoms with Crippen LogP contribution in [0, 0.1) is 11.3 Å². The summed E-state index contributed by atoms with van der Waals surface area (Å²) in [5, 5.41) is 12.1. The maximum Gasteiger partial charge on any atom is 0.262 e. The molecule has 1 aliphatic heterocycles. The maximum absolute atomic E-state index is 12.3. The van der Waals surface area contributed by atoms with Gasteiger partial charge in [-0.1, -0.05) is 0 Å². The summed E-state index contributed by atoms with van der Waals surface area (Å²) < 4.78 is 16.4. The topological polar surface area (TPSA) is 80.6 Å². The van der Waals surface area contributed by atoms with Crippen molar-refractivity contribution in [2.75, 3.05) is 20.3 Å². The molecule has 1 N–H and O–H groups in total. The Morgan fingerprint density at radius 2 is 2.32 bits per heavy atom. The van der Waals surface area contributed by atoms with Gasteiger partial charge in [0.15, 0.2) is 0 Å². The van der Waals surface area contributed by atoms with Gasteiger partial charge in [0.25, 0.3) is 5.91 Å². The number of carbonyl (C=O) groups is 1. The molecule has 134 valence electrons. The molecule has 1 aromatic rings. The molecule has 1 amide bonds. The van der Waals surface area contributed by atoms with E-state index in [-0.39, 0.29) is 17.8 Å². The van der Waals surface area contributed by atoms with Crippen LogP contribution in [-0.2, 0) is 9.53 Å². The van der Waals surface area contributed by atoms with Crippen molar-refractivity contribution >= 4 is 12.0 Å². The van der Waals surface area contributed by atoms with E-state index in [9.17, 15) is 10.1 Å². The van der Waals surface area contributed by atoms with E-state index in [0.717, 1.165) is 19.4 Å². The Morgan fingerprint density at radius 3 is 2.92 bits per heavy atom. The lowest BCUT2D eigenvalue weighted by molar-refractivity contribution is -0.117. The zero-order valence-electron chi connectivity index (χ0n) is 14.9. The molecule has 6 heteroatoms. The first-order chi connectivity index (χ1) is 12.0. The molecule has 0 saturated carbocycles. The SMILES string of the molecule is COc1ccc(/C=C(/C#N)C(=O)NC[C@H]2CCCO2)c(OC(C)C)c1. The fraction of sp³-hybridized carbons (Fsp3) is 0.474. The summed E-state index contributed by atoms with van der Waals surface area (Å²) in [6.07, 6.45) is 3.45. The molecule has 2 rings (SSSR count). The number of hydrogen-bond acceptors (Lipinski definition) is 5. The van der Waals surface area contributed by atoms with Gasteiger partial charge in [-0.3, -0.25) is 4.79 Å². The highest BCUT2D eigenvalue weighted by atomic mass is 16.5. The average molecular weight is 344 g/mol. The molecule has 0 aromatic heterocycles. The van der Waals surface area contributed by atoms with Crippen LogP contribution in [0.5, 0.6) is 11.5 Å². The summed E-state index contributed by atoms with van der Waals surface area (Å²) in [7, 11) is 1.57. The second-order valence-electron chi connectivity index (χ2n) is 6.09. The van der Waals surface area contributed by atoms with E-state index in [1.807, 2.05) is 19.9 Å². The lowest BCUT2D eigenvalue weighted by atomic mass is 10.1. The minimum absolute atomic E-state index is 0.0248. The number of rotatable bonds is 7. The van der Waals surface area contributed by atoms with Crippen LogP contribution in [0.25, 0.3) is 6.08 Å². The van der Waals surface area contributed by atoms with Crippen molar-refractivity contribution in [1.29, 1.82) is 5.26 Å². The van der Waals surface area contributed by atoms with Crippen molar-refractivity contribution in [2.45, 2.75) is 38.9 Å². The number of ether oxygens (including phenoxy) is 3. The lowest BCUT2D eigenvalue weighted by Gasteiger charge is -2.14. The Morgan fingerprint density at radius 1 is 1.52 bits per heavy atom. The van der Waals surface area contributed by atoms with Crippen LogP contribution in [-0.4, -0.2) is 38.4 Å². The van der Waals surface area contributed by atoms with Crippen LogP contribution < -0.4 is 14.8 Å². The highest BCUT2D eigenvalue weighted by Gasteiger charge is 2.18. The fourth-order valence-electron chi connectivity index (χ4n) is 2.53. The highest BCUT2D eigenvalue weighted by Crippen LogP contribution is 2.27. The summed E-state index contributed by atoms with van der Waals surface area (Å²) in [4.78, 5) is 12.3. The normalized spacial score (nSPS) is 17.2. The van der Waals surface area contributed by atoms with Gasteiger partial charge in [-0.25, -0.2) is 0 Å². The molecule has 0 aliphatic carbocycles. The third-order valence-electron chi connectivity index (χ3n) is 3.76. The van der Waals surface area contributed by atoms with E-state index >= 15 is 0 Å². The molecule has 0 radical (unpaired) electrons. The average Bonchev–Trinajstić information content (AvgIpc) is 3.11. The van der Waals surface area contributed by atoms with Gasteiger partial charge in [-0.2, -0.15) is 5.26 Å². The first kappa shape index (κ1) is 18.8. The number of hydrogen-bond donors (Lipinski definition) is 1. The predicted molar refractivity (Wildman–Crippen MR) is 94.3 cm³/mol. The molecule has 1 aliphatic rings. The van der Waals surface area contributed by atoms with Crippen molar-refractivity contribution in [3.8, 4) is 17.6 Å². The molecule has 1 heterocycles. The summed E-state index contributed by atoms with van der Waals surface area (Å²) in [5.41, 5.74) is 0.676. The molecule has 0 spiro atoms. The first-order valence-electron chi connectivity index (χ1n) is 8.39. The molecule has 1 atom stereocenters. The number of nitrogens with zero attached hydrogens (tertiary/aromatic N) is 1. The Kier molecular flexibility index (Phi) is 6.84. The van der Waals surface area contributed by atoms with E-state index in [4.69, 9.17) is 14.2 Å². The Labute approximate surface area is 148 Å². The molecular weight excluding hydrogens is 320 g/mol. The van der Waals surface area contributed by atoms with Crippen LogP contribution in [0.15, 0.2) is 23.8 Å². The third-order valence-corrected chi connectivity index (χ3v) is 3.76. The zero-order chi connectivity index (χ0) is 18.2. The minimum Gasteiger partial charge on any atom is -0.497 e. The van der Waals surface area contributed by atoms with Gasteiger partial charge in [-0.15, -0.1) is 0 Å². The van der Waals surface area contributed by atoms with Crippen LogP contribution in [0.2, 0.25) is 0 Å². The molecule has 6 nitrogen and oxygen atoms in total. The molecule has 1 fully saturated rings. The van der Waals surface area contributed by atoms with Crippen molar-refractivity contribution in [3.05, 3.63) is 29.3 Å². The first-order valence-corrected chi connectivity index (χ1v) is 8.39. The van der Waals surface area contributed by atoms with Gasteiger partial charge in [0.2, 0.25) is 0 Å². The van der Waals surface area contributed by atoms with Crippen LogP contribution >= 0.6 is 0 Å². The number of nitriles is 1. The van der Waals surface area contributed by atoms with Gasteiger partial charge >= 0.3 is 0 Å². The standard InChI is InChI=1S/C19H24N2O4/c1-13(2)25-18-10-16(23-3)7-6-14(18)9-15(11-20)19(22)21-12-17-5-4-8-24-17/h6-7,9-10,13,17H,4-5,8,12H2,1-3H3,(H,21,22)/b15-9-/t17-/m1/s1. The van der Waals surface area contributed by atoms with Crippen LogP contribution in [0.3, 0.4) is 0 Å². The van der Waals surface area contributed by atoms with Gasteiger partial charge < -0.3 is 19.5 Å². The van der Waals surface area contributed by atoms with Gasteiger partial charge in [-0.05, 0) is 44.9 Å². The smallest absolute Gasteiger partial charge is 0.262 e. The largest absolute Gasteiger partial charge is 0.497 e. The molecule has 0 bridgehead atoms. The number of nitrogens with one attached hydrogen (secondary N) is 1. The molecular formula is C19H24N2O4. The number of carbonyl (C=O) groups excluding carboxylic acids is 1. The molecule has 0 unspecified atom stereocenters. The minimum atomic E-state index is -0.413. The Bertz CT molecular complexity index is 670.